The zero-order valence-electron chi connectivity index (χ0n) is 28.3. The number of hydrogen-bond donors (Lipinski definition) is 0. The molecule has 3 aromatic rings. The summed E-state index contributed by atoms with van der Waals surface area (Å²) in [7, 11) is 22.1. The van der Waals surface area contributed by atoms with Crippen LogP contribution in [0, 0.1) is 51.7 Å². The van der Waals surface area contributed by atoms with Crippen molar-refractivity contribution in [1.29, 1.82) is 0 Å². The van der Waals surface area contributed by atoms with Crippen LogP contribution in [0.1, 0.15) is 52.8 Å². The van der Waals surface area contributed by atoms with Crippen molar-refractivity contribution in [3.05, 3.63) is 91.5 Å². The van der Waals surface area contributed by atoms with Crippen molar-refractivity contribution in [2.45, 2.75) is 67.5 Å². The molecule has 7 nitrogen and oxygen atoms in total. The van der Waals surface area contributed by atoms with E-state index in [-0.39, 0.29) is 17.8 Å². The van der Waals surface area contributed by atoms with Crippen LogP contribution in [0.15, 0.2) is 42.5 Å². The van der Waals surface area contributed by atoms with Crippen LogP contribution in [-0.2, 0) is 11.9 Å². The van der Waals surface area contributed by atoms with E-state index >= 15 is 0 Å². The Bertz CT molecular complexity index is 1720. The van der Waals surface area contributed by atoms with Crippen LogP contribution >= 0.6 is 19.4 Å². The molecule has 45 heavy (non-hydrogen) atoms. The van der Waals surface area contributed by atoms with Crippen LogP contribution in [0.2, 0.25) is 0 Å². The first-order valence-corrected chi connectivity index (χ1v) is 21.5. The van der Waals surface area contributed by atoms with Gasteiger partial charge in [-0.1, -0.05) is 0 Å². The number of hydrogen-bond acceptors (Lipinski definition) is 5. The Morgan fingerprint density at radius 3 is 1.91 bits per heavy atom. The van der Waals surface area contributed by atoms with E-state index in [1.165, 1.54) is 23.3 Å². The molecule has 4 rings (SSSR count). The quantitative estimate of drug-likeness (QED) is 0.101. The van der Waals surface area contributed by atoms with Crippen molar-refractivity contribution >= 4 is 45.4 Å². The maximum atomic E-state index is 11.8. The Morgan fingerprint density at radius 1 is 0.933 bits per heavy atom. The van der Waals surface area contributed by atoms with Crippen molar-refractivity contribution in [2.24, 2.45) is 0 Å². The third-order valence-corrected chi connectivity index (χ3v) is 13.1. The van der Waals surface area contributed by atoms with E-state index in [0.29, 0.717) is 17.9 Å². The molecule has 0 saturated carbocycles. The van der Waals surface area contributed by atoms with Crippen molar-refractivity contribution in [1.82, 2.24) is 0 Å². The average Bonchev–Trinajstić information content (AvgIpc) is 3.20. The summed E-state index contributed by atoms with van der Waals surface area (Å²) in [6.07, 6.45) is -0.138. The number of benzene rings is 3. The van der Waals surface area contributed by atoms with Gasteiger partial charge in [0.15, 0.2) is 0 Å². The second-order valence-corrected chi connectivity index (χ2v) is 22.8. The molecule has 0 radical (unpaired) electrons. The Balaban J connectivity index is 2.19. The fourth-order valence-corrected chi connectivity index (χ4v) is 12.5. The predicted molar refractivity (Wildman–Crippen MR) is 189 cm³/mol. The second kappa shape index (κ2) is 13.2. The van der Waals surface area contributed by atoms with Gasteiger partial charge in [0.05, 0.1) is 0 Å². The van der Waals surface area contributed by atoms with Gasteiger partial charge < -0.3 is 0 Å². The molecule has 1 saturated heterocycles. The molecule has 3 aromatic carbocycles. The van der Waals surface area contributed by atoms with Gasteiger partial charge in [-0.2, -0.15) is 0 Å². The van der Waals surface area contributed by atoms with Gasteiger partial charge in [-0.15, -0.1) is 0 Å². The van der Waals surface area contributed by atoms with Gasteiger partial charge in [0, 0.05) is 0 Å². The fourth-order valence-electron chi connectivity index (χ4n) is 6.53. The maximum absolute atomic E-state index is 11.8. The Hall–Kier alpha value is -2.64. The summed E-state index contributed by atoms with van der Waals surface area (Å²) in [4.78, 5) is 16.2. The molecule has 0 amide bonds. The number of anilines is 2. The third kappa shape index (κ3) is 7.85. The summed E-state index contributed by atoms with van der Waals surface area (Å²) < 4.78 is 9.60. The van der Waals surface area contributed by atoms with Crippen LogP contribution in [0.4, 0.5) is 17.1 Å². The molecule has 1 fully saturated rings. The molecule has 1 aliphatic rings. The monoisotopic (exact) mass is 743 g/mol. The SMILES string of the molecule is Cc1cc(C)c(N2CC(C[N+](C)(C)C)N(c3c(C)cc(C)cc3C)[C]2=[Ru-4]([Cl])([Cl])=[CH]c2cc([N+](=O)[O-])ccc2OC(C)C)c(C)c1. The predicted octanol–water partition coefficient (Wildman–Crippen LogP) is 8.03. The Kier molecular flexibility index (Phi) is 10.4. The van der Waals surface area contributed by atoms with Gasteiger partial charge in [0.25, 0.3) is 0 Å². The van der Waals surface area contributed by atoms with Gasteiger partial charge in [0.2, 0.25) is 0 Å². The minimum absolute atomic E-state index is 0.0376. The molecule has 1 heterocycles. The van der Waals surface area contributed by atoms with Gasteiger partial charge in [-0.25, -0.2) is 0 Å². The minimum atomic E-state index is -4.05. The summed E-state index contributed by atoms with van der Waals surface area (Å²) in [6, 6.07) is 13.5. The molecule has 1 atom stereocenters. The van der Waals surface area contributed by atoms with E-state index in [1.54, 1.807) is 6.07 Å². The van der Waals surface area contributed by atoms with E-state index in [2.05, 4.69) is 96.8 Å². The van der Waals surface area contributed by atoms with Crippen molar-refractivity contribution < 1.29 is 26.0 Å². The zero-order valence-corrected chi connectivity index (χ0v) is 31.6. The van der Waals surface area contributed by atoms with E-state index < -0.39 is 16.8 Å². The molecular formula is C35H47Cl2N4O3Ru-3. The van der Waals surface area contributed by atoms with E-state index in [9.17, 15) is 10.1 Å². The number of halogens is 2. The van der Waals surface area contributed by atoms with Crippen molar-refractivity contribution in [2.75, 3.05) is 44.0 Å². The van der Waals surface area contributed by atoms with Gasteiger partial charge >= 0.3 is 280 Å². The summed E-state index contributed by atoms with van der Waals surface area (Å²) in [5.41, 5.74) is 9.70. The summed E-state index contributed by atoms with van der Waals surface area (Å²) >= 11 is -4.05. The molecule has 0 N–H and O–H groups in total. The molecule has 0 spiro atoms. The van der Waals surface area contributed by atoms with Gasteiger partial charge in [-0.3, -0.25) is 0 Å². The van der Waals surface area contributed by atoms with Crippen LogP contribution < -0.4 is 14.5 Å². The van der Waals surface area contributed by atoms with Crippen LogP contribution in [0.25, 0.3) is 0 Å². The van der Waals surface area contributed by atoms with E-state index in [0.717, 1.165) is 49.0 Å². The van der Waals surface area contributed by atoms with Crippen molar-refractivity contribution in [3.8, 4) is 5.75 Å². The number of likely N-dealkylation sites (N-methyl/N-ethyl adjacent to an activating group) is 1. The molecule has 1 unspecified atom stereocenters. The molecule has 0 bridgehead atoms. The summed E-state index contributed by atoms with van der Waals surface area (Å²) in [6.45, 7) is 18.2. The molecule has 250 valence electrons. The molecule has 10 heteroatoms. The van der Waals surface area contributed by atoms with E-state index in [1.807, 2.05) is 18.5 Å². The Morgan fingerprint density at radius 2 is 1.44 bits per heavy atom. The summed E-state index contributed by atoms with van der Waals surface area (Å²) in [5, 5.41) is 11.8. The summed E-state index contributed by atoms with van der Waals surface area (Å²) in [5.74, 6) is 0.521. The average molecular weight is 744 g/mol. The van der Waals surface area contributed by atoms with Crippen LogP contribution in [0.3, 0.4) is 0 Å². The number of rotatable bonds is 8. The van der Waals surface area contributed by atoms with Gasteiger partial charge in [-0.05, 0) is 0 Å². The van der Waals surface area contributed by atoms with Crippen molar-refractivity contribution in [3.63, 3.8) is 0 Å². The molecule has 1 aliphatic heterocycles. The molecule has 0 aromatic heterocycles. The number of nitro benzene ring substituents is 1. The van der Waals surface area contributed by atoms with Crippen LogP contribution in [-0.4, -0.2) is 64.7 Å². The van der Waals surface area contributed by atoms with Crippen LogP contribution in [0.5, 0.6) is 5.75 Å². The number of non-ortho nitro benzene ring substituents is 1. The first-order chi connectivity index (χ1) is 20.8. The number of nitrogens with zero attached hydrogens (tertiary/aromatic N) is 4. The number of quaternary nitrogens is 1. The number of nitro groups is 1. The standard InChI is InChI=1S/C25H36N3.C10H11NO3.2ClH.Ru/c1-17-10-19(3)24(20(4)11-17)26-14-23(15-28(7,8)9)27(16-26)25-21(5)12-18(2)13-22(25)6;1-7(2)14-10-5-4-9(11(12)13)6-8(10)3;;;/h10-13,23H,14-15H2,1-9H3;3-7H,1-2H3;2*1H;/q+1;;;;-2/p-2. The second-order valence-electron chi connectivity index (χ2n) is 13.5. The normalized spacial score (nSPS) is 16.0. The first kappa shape index (κ1) is 35.2. The molecule has 0 aliphatic carbocycles. The first-order valence-electron chi connectivity index (χ1n) is 15.1. The van der Waals surface area contributed by atoms with E-state index in [4.69, 9.17) is 24.1 Å². The number of ether oxygens (including phenoxy) is 1. The fraction of sp³-hybridized carbons (Fsp3) is 0.429. The zero-order chi connectivity index (χ0) is 33.6. The number of aryl methyl sites for hydroxylation is 6. The molecular weight excluding hydrogens is 696 g/mol. The Labute approximate surface area is 279 Å². The topological polar surface area (TPSA) is 58.9 Å². The third-order valence-electron chi connectivity index (χ3n) is 7.72. The van der Waals surface area contributed by atoms with Gasteiger partial charge in [0.1, 0.15) is 0 Å².